The van der Waals surface area contributed by atoms with Crippen LogP contribution in [0.5, 0.6) is 0 Å². The highest BCUT2D eigenvalue weighted by atomic mass is 35.5. The van der Waals surface area contributed by atoms with E-state index in [1.165, 1.54) is 35.2 Å². The molecule has 1 atom stereocenters. The van der Waals surface area contributed by atoms with Crippen molar-refractivity contribution >= 4 is 73.9 Å². The van der Waals surface area contributed by atoms with E-state index in [9.17, 15) is 18.0 Å². The van der Waals surface area contributed by atoms with Crippen LogP contribution in [-0.4, -0.2) is 44.3 Å². The summed E-state index contributed by atoms with van der Waals surface area (Å²) in [6, 6.07) is 15.9. The van der Waals surface area contributed by atoms with Crippen molar-refractivity contribution in [3.05, 3.63) is 92.4 Å². The van der Waals surface area contributed by atoms with Gasteiger partial charge in [0.1, 0.15) is 12.6 Å². The van der Waals surface area contributed by atoms with E-state index >= 15 is 0 Å². The second-order valence-corrected chi connectivity index (χ2v) is 12.5. The maximum absolute atomic E-state index is 14.0. The summed E-state index contributed by atoms with van der Waals surface area (Å²) in [6.45, 7) is 3.43. The topological polar surface area (TPSA) is 86.8 Å². The van der Waals surface area contributed by atoms with E-state index < -0.39 is 28.5 Å². The van der Waals surface area contributed by atoms with Gasteiger partial charge in [0.05, 0.1) is 10.6 Å². The molecule has 0 saturated carbocycles. The molecule has 7 nitrogen and oxygen atoms in total. The quantitative estimate of drug-likeness (QED) is 0.234. The second-order valence-electron chi connectivity index (χ2n) is 8.92. The summed E-state index contributed by atoms with van der Waals surface area (Å²) in [7, 11) is -4.25. The Hall–Kier alpha value is -2.49. The van der Waals surface area contributed by atoms with Crippen molar-refractivity contribution in [2.75, 3.05) is 17.4 Å². The Morgan fingerprint density at radius 1 is 0.875 bits per heavy atom. The maximum Gasteiger partial charge on any atom is 0.264 e. The largest absolute Gasteiger partial charge is 0.354 e. The van der Waals surface area contributed by atoms with E-state index in [1.807, 2.05) is 6.92 Å². The van der Waals surface area contributed by atoms with Gasteiger partial charge in [-0.25, -0.2) is 8.42 Å². The number of carbonyl (C=O) groups excluding carboxylic acids is 2. The Morgan fingerprint density at radius 3 is 2.10 bits per heavy atom. The van der Waals surface area contributed by atoms with E-state index in [-0.39, 0.29) is 39.5 Å². The van der Waals surface area contributed by atoms with Crippen molar-refractivity contribution < 1.29 is 18.0 Å². The highest BCUT2D eigenvalue weighted by molar-refractivity contribution is 7.92. The molecule has 0 aliphatic heterocycles. The fourth-order valence-electron chi connectivity index (χ4n) is 4.05. The van der Waals surface area contributed by atoms with E-state index in [1.54, 1.807) is 43.3 Å². The molecule has 3 aromatic carbocycles. The van der Waals surface area contributed by atoms with Crippen molar-refractivity contribution in [3.8, 4) is 0 Å². The molecule has 0 aromatic heterocycles. The van der Waals surface area contributed by atoms with Crippen LogP contribution in [0.3, 0.4) is 0 Å². The summed E-state index contributed by atoms with van der Waals surface area (Å²) in [5, 5.41) is 3.94. The second kappa shape index (κ2) is 14.4. The molecular formula is C28H29Cl4N3O4S. The van der Waals surface area contributed by atoms with E-state index in [0.29, 0.717) is 28.6 Å². The van der Waals surface area contributed by atoms with Gasteiger partial charge in [0, 0.05) is 33.2 Å². The van der Waals surface area contributed by atoms with Gasteiger partial charge in [0.15, 0.2) is 0 Å². The molecule has 2 amide bonds. The van der Waals surface area contributed by atoms with Gasteiger partial charge in [0.2, 0.25) is 11.8 Å². The number of anilines is 1. The number of hydrogen-bond donors (Lipinski definition) is 1. The summed E-state index contributed by atoms with van der Waals surface area (Å²) in [5.41, 5.74) is 0.645. The molecule has 1 N–H and O–H groups in total. The van der Waals surface area contributed by atoms with Gasteiger partial charge in [-0.1, -0.05) is 84.5 Å². The summed E-state index contributed by atoms with van der Waals surface area (Å²) >= 11 is 24.9. The van der Waals surface area contributed by atoms with Gasteiger partial charge in [0.25, 0.3) is 10.0 Å². The van der Waals surface area contributed by atoms with Crippen LogP contribution in [0.4, 0.5) is 5.69 Å². The molecule has 0 aliphatic rings. The lowest BCUT2D eigenvalue weighted by Gasteiger charge is -2.33. The monoisotopic (exact) mass is 643 g/mol. The van der Waals surface area contributed by atoms with Crippen LogP contribution in [-0.2, 0) is 26.2 Å². The number of benzene rings is 3. The first-order valence-corrected chi connectivity index (χ1v) is 15.5. The number of sulfonamides is 1. The molecule has 0 fully saturated rings. The van der Waals surface area contributed by atoms with Crippen LogP contribution in [0, 0.1) is 0 Å². The Kier molecular flexibility index (Phi) is 11.5. The van der Waals surface area contributed by atoms with Crippen LogP contribution < -0.4 is 9.62 Å². The molecular weight excluding hydrogens is 616 g/mol. The Labute approximate surface area is 255 Å². The molecule has 0 saturated heterocycles. The predicted octanol–water partition coefficient (Wildman–Crippen LogP) is 6.83. The fraction of sp³-hybridized carbons (Fsp3) is 0.286. The highest BCUT2D eigenvalue weighted by Crippen LogP contribution is 2.30. The van der Waals surface area contributed by atoms with E-state index in [0.717, 1.165) is 4.31 Å². The Bertz CT molecular complexity index is 1430. The van der Waals surface area contributed by atoms with Gasteiger partial charge in [-0.2, -0.15) is 0 Å². The average Bonchev–Trinajstić information content (AvgIpc) is 2.91. The average molecular weight is 645 g/mol. The molecule has 12 heteroatoms. The molecule has 0 spiro atoms. The van der Waals surface area contributed by atoms with Crippen LogP contribution in [0.25, 0.3) is 0 Å². The number of halogens is 4. The lowest BCUT2D eigenvalue weighted by atomic mass is 10.1. The number of nitrogens with zero attached hydrogens (tertiary/aromatic N) is 2. The molecule has 40 heavy (non-hydrogen) atoms. The third-order valence-electron chi connectivity index (χ3n) is 6.04. The van der Waals surface area contributed by atoms with Crippen molar-refractivity contribution in [1.29, 1.82) is 0 Å². The first-order valence-electron chi connectivity index (χ1n) is 12.5. The fourth-order valence-corrected chi connectivity index (χ4v) is 6.45. The van der Waals surface area contributed by atoms with E-state index in [4.69, 9.17) is 46.4 Å². The zero-order valence-corrected chi connectivity index (χ0v) is 25.8. The van der Waals surface area contributed by atoms with Gasteiger partial charge in [-0.3, -0.25) is 13.9 Å². The lowest BCUT2D eigenvalue weighted by molar-refractivity contribution is -0.140. The van der Waals surface area contributed by atoms with Crippen molar-refractivity contribution in [3.63, 3.8) is 0 Å². The van der Waals surface area contributed by atoms with Gasteiger partial charge < -0.3 is 10.2 Å². The van der Waals surface area contributed by atoms with Gasteiger partial charge >= 0.3 is 0 Å². The molecule has 0 aliphatic carbocycles. The smallest absolute Gasteiger partial charge is 0.264 e. The maximum atomic E-state index is 14.0. The minimum Gasteiger partial charge on any atom is -0.354 e. The van der Waals surface area contributed by atoms with E-state index in [2.05, 4.69) is 5.32 Å². The summed E-state index contributed by atoms with van der Waals surface area (Å²) in [5.74, 6) is -0.980. The van der Waals surface area contributed by atoms with Crippen LogP contribution in [0.15, 0.2) is 71.6 Å². The first-order chi connectivity index (χ1) is 19.0. The van der Waals surface area contributed by atoms with Crippen molar-refractivity contribution in [2.45, 2.75) is 44.2 Å². The number of nitrogens with one attached hydrogen (secondary N) is 1. The molecule has 3 rings (SSSR count). The zero-order valence-electron chi connectivity index (χ0n) is 21.9. The van der Waals surface area contributed by atoms with Crippen molar-refractivity contribution in [1.82, 2.24) is 10.2 Å². The molecule has 0 bridgehead atoms. The van der Waals surface area contributed by atoms with Crippen LogP contribution >= 0.6 is 46.4 Å². The Balaban J connectivity index is 2.09. The van der Waals surface area contributed by atoms with Crippen LogP contribution in [0.2, 0.25) is 20.1 Å². The molecule has 0 radical (unpaired) electrons. The van der Waals surface area contributed by atoms with Gasteiger partial charge in [-0.05, 0) is 60.9 Å². The standard InChI is InChI=1S/C28H29Cl4N3O4S/c1-3-12-33-28(37)26(4-2)34(17-19-10-11-20(29)16-25(19)32)27(36)18-35(23-14-21(30)13-22(31)15-23)40(38,39)24-8-6-5-7-9-24/h5-11,13-16,26H,3-4,12,17-18H2,1-2H3,(H,33,37). The number of carbonyl (C=O) groups is 2. The predicted molar refractivity (Wildman–Crippen MR) is 162 cm³/mol. The number of amides is 2. The SMILES string of the molecule is CCCNC(=O)C(CC)N(Cc1ccc(Cl)cc1Cl)C(=O)CN(c1cc(Cl)cc(Cl)c1)S(=O)(=O)c1ccccc1. The third-order valence-corrected chi connectivity index (χ3v) is 8.85. The molecule has 214 valence electrons. The summed E-state index contributed by atoms with van der Waals surface area (Å²) < 4.78 is 28.6. The molecule has 0 heterocycles. The highest BCUT2D eigenvalue weighted by Gasteiger charge is 2.34. The summed E-state index contributed by atoms with van der Waals surface area (Å²) in [6.07, 6.45) is 0.985. The lowest BCUT2D eigenvalue weighted by Crippen LogP contribution is -2.52. The van der Waals surface area contributed by atoms with Crippen LogP contribution in [0.1, 0.15) is 32.3 Å². The zero-order chi connectivity index (χ0) is 29.4. The first kappa shape index (κ1) is 32.0. The number of hydrogen-bond acceptors (Lipinski definition) is 4. The summed E-state index contributed by atoms with van der Waals surface area (Å²) in [4.78, 5) is 28.5. The molecule has 3 aromatic rings. The normalized spacial score (nSPS) is 12.1. The minimum atomic E-state index is -4.25. The van der Waals surface area contributed by atoms with Crippen molar-refractivity contribution in [2.24, 2.45) is 0 Å². The third kappa shape index (κ3) is 8.04. The molecule has 1 unspecified atom stereocenters. The number of rotatable bonds is 12. The Morgan fingerprint density at radius 2 is 1.52 bits per heavy atom. The minimum absolute atomic E-state index is 0.0288. The van der Waals surface area contributed by atoms with Gasteiger partial charge in [-0.15, -0.1) is 0 Å².